The molecule has 0 radical (unpaired) electrons. The first kappa shape index (κ1) is 18.6. The number of carbonyl (C=O) groups is 2. The van der Waals surface area contributed by atoms with E-state index in [4.69, 9.17) is 26.0 Å². The summed E-state index contributed by atoms with van der Waals surface area (Å²) >= 11 is 6.01. The molecular formula is C18H17ClN2O4. The van der Waals surface area contributed by atoms with Crippen LogP contribution in [-0.2, 0) is 9.53 Å². The van der Waals surface area contributed by atoms with Crippen molar-refractivity contribution in [2.24, 2.45) is 0 Å². The molecule has 0 aliphatic heterocycles. The van der Waals surface area contributed by atoms with Crippen LogP contribution in [0.3, 0.4) is 0 Å². The topological polar surface area (TPSA) is 83.5 Å². The summed E-state index contributed by atoms with van der Waals surface area (Å²) in [6, 6.07) is 8.74. The molecule has 7 heteroatoms. The van der Waals surface area contributed by atoms with Crippen LogP contribution in [0.25, 0.3) is 0 Å². The van der Waals surface area contributed by atoms with E-state index in [-0.39, 0.29) is 18.7 Å². The molecule has 2 aromatic rings. The molecule has 0 unspecified atom stereocenters. The van der Waals surface area contributed by atoms with Gasteiger partial charge in [0.2, 0.25) is 5.76 Å². The number of anilines is 1. The zero-order valence-electron chi connectivity index (χ0n) is 13.9. The van der Waals surface area contributed by atoms with E-state index >= 15 is 0 Å². The fourth-order valence-electron chi connectivity index (χ4n) is 2.21. The monoisotopic (exact) mass is 360 g/mol. The number of esters is 1. The SMILES string of the molecule is Cc1cc(N(CCC#N)C(=O)COC(=O)c2occc2C)ccc1Cl. The highest BCUT2D eigenvalue weighted by Gasteiger charge is 2.20. The Labute approximate surface area is 150 Å². The number of rotatable bonds is 6. The molecule has 1 amide bonds. The first-order valence-corrected chi connectivity index (χ1v) is 7.96. The number of carbonyl (C=O) groups excluding carboxylic acids is 2. The van der Waals surface area contributed by atoms with Gasteiger partial charge in [-0.2, -0.15) is 5.26 Å². The van der Waals surface area contributed by atoms with Gasteiger partial charge >= 0.3 is 5.97 Å². The number of hydrogen-bond acceptors (Lipinski definition) is 5. The van der Waals surface area contributed by atoms with E-state index in [0.29, 0.717) is 16.3 Å². The third kappa shape index (κ3) is 4.61. The zero-order valence-corrected chi connectivity index (χ0v) is 14.7. The normalized spacial score (nSPS) is 10.2. The number of benzene rings is 1. The minimum absolute atomic E-state index is 0.0683. The Morgan fingerprint density at radius 2 is 2.04 bits per heavy atom. The van der Waals surface area contributed by atoms with E-state index in [2.05, 4.69) is 0 Å². The second-order valence-electron chi connectivity index (χ2n) is 5.40. The van der Waals surface area contributed by atoms with Crippen molar-refractivity contribution in [3.05, 3.63) is 52.4 Å². The lowest BCUT2D eigenvalue weighted by molar-refractivity contribution is -0.121. The third-order valence-electron chi connectivity index (χ3n) is 3.58. The van der Waals surface area contributed by atoms with Crippen LogP contribution in [0.1, 0.15) is 28.1 Å². The van der Waals surface area contributed by atoms with Crippen molar-refractivity contribution in [3.63, 3.8) is 0 Å². The Bertz CT molecular complexity index is 823. The average molecular weight is 361 g/mol. The number of hydrogen-bond donors (Lipinski definition) is 0. The van der Waals surface area contributed by atoms with Gasteiger partial charge in [0.1, 0.15) is 0 Å². The summed E-state index contributed by atoms with van der Waals surface area (Å²) in [7, 11) is 0. The molecule has 0 spiro atoms. The van der Waals surface area contributed by atoms with Crippen LogP contribution in [0.4, 0.5) is 5.69 Å². The molecule has 1 aromatic carbocycles. The Kier molecular flexibility index (Phi) is 6.20. The highest BCUT2D eigenvalue weighted by Crippen LogP contribution is 2.23. The second kappa shape index (κ2) is 8.36. The fraction of sp³-hybridized carbons (Fsp3) is 0.278. The lowest BCUT2D eigenvalue weighted by Crippen LogP contribution is -2.35. The lowest BCUT2D eigenvalue weighted by Gasteiger charge is -2.22. The molecule has 0 aliphatic carbocycles. The van der Waals surface area contributed by atoms with Crippen LogP contribution < -0.4 is 4.90 Å². The van der Waals surface area contributed by atoms with Crippen molar-refractivity contribution in [3.8, 4) is 6.07 Å². The van der Waals surface area contributed by atoms with Gasteiger partial charge in [-0.15, -0.1) is 0 Å². The van der Waals surface area contributed by atoms with Gasteiger partial charge in [0.15, 0.2) is 6.61 Å². The number of ether oxygens (including phenoxy) is 1. The summed E-state index contributed by atoms with van der Waals surface area (Å²) in [5, 5.41) is 9.39. The lowest BCUT2D eigenvalue weighted by atomic mass is 10.2. The maximum atomic E-state index is 12.5. The molecule has 0 fully saturated rings. The van der Waals surface area contributed by atoms with E-state index in [1.165, 1.54) is 11.2 Å². The number of aryl methyl sites for hydroxylation is 2. The predicted octanol–water partition coefficient (Wildman–Crippen LogP) is 3.65. The van der Waals surface area contributed by atoms with Crippen molar-refractivity contribution in [1.82, 2.24) is 0 Å². The fourth-order valence-corrected chi connectivity index (χ4v) is 2.33. The largest absolute Gasteiger partial charge is 0.457 e. The van der Waals surface area contributed by atoms with E-state index in [1.54, 1.807) is 31.2 Å². The molecule has 0 saturated carbocycles. The summed E-state index contributed by atoms with van der Waals surface area (Å²) in [6.07, 6.45) is 1.53. The molecule has 25 heavy (non-hydrogen) atoms. The smallest absolute Gasteiger partial charge is 0.375 e. The summed E-state index contributed by atoms with van der Waals surface area (Å²) in [4.78, 5) is 25.8. The molecule has 1 aromatic heterocycles. The minimum atomic E-state index is -0.705. The second-order valence-corrected chi connectivity index (χ2v) is 5.80. The zero-order chi connectivity index (χ0) is 18.4. The Morgan fingerprint density at radius 3 is 2.64 bits per heavy atom. The maximum absolute atomic E-state index is 12.5. The summed E-state index contributed by atoms with van der Waals surface area (Å²) < 4.78 is 10.1. The van der Waals surface area contributed by atoms with E-state index in [1.807, 2.05) is 13.0 Å². The van der Waals surface area contributed by atoms with Crippen molar-refractivity contribution < 1.29 is 18.7 Å². The van der Waals surface area contributed by atoms with Crippen LogP contribution in [0, 0.1) is 25.2 Å². The number of nitrogens with zero attached hydrogens (tertiary/aromatic N) is 2. The Hall–Kier alpha value is -2.78. The molecule has 130 valence electrons. The molecule has 0 saturated heterocycles. The summed E-state index contributed by atoms with van der Waals surface area (Å²) in [5.74, 6) is -1.07. The van der Waals surface area contributed by atoms with Crippen LogP contribution in [0.2, 0.25) is 5.02 Å². The Morgan fingerprint density at radius 1 is 1.28 bits per heavy atom. The van der Waals surface area contributed by atoms with Crippen molar-refractivity contribution in [2.45, 2.75) is 20.3 Å². The number of halogens is 1. The highest BCUT2D eigenvalue weighted by atomic mass is 35.5. The molecule has 6 nitrogen and oxygen atoms in total. The maximum Gasteiger partial charge on any atom is 0.375 e. The summed E-state index contributed by atoms with van der Waals surface area (Å²) in [6.45, 7) is 3.26. The average Bonchev–Trinajstić information content (AvgIpc) is 3.02. The third-order valence-corrected chi connectivity index (χ3v) is 4.00. The molecule has 0 atom stereocenters. The molecule has 0 aliphatic rings. The van der Waals surface area contributed by atoms with Gasteiger partial charge < -0.3 is 14.1 Å². The van der Waals surface area contributed by atoms with E-state index in [0.717, 1.165) is 5.56 Å². The number of furan rings is 1. The molecule has 0 bridgehead atoms. The van der Waals surface area contributed by atoms with Gasteiger partial charge in [-0.3, -0.25) is 4.79 Å². The number of nitriles is 1. The molecular weight excluding hydrogens is 344 g/mol. The van der Waals surface area contributed by atoms with Crippen LogP contribution >= 0.6 is 11.6 Å². The standard InChI is InChI=1S/C18H17ClN2O4/c1-12-6-9-24-17(12)18(23)25-11-16(22)21(8-3-7-20)14-4-5-15(19)13(2)10-14/h4-6,9-10H,3,8,11H2,1-2H3. The van der Waals surface area contributed by atoms with Crippen molar-refractivity contribution in [2.75, 3.05) is 18.1 Å². The first-order valence-electron chi connectivity index (χ1n) is 7.58. The van der Waals surface area contributed by atoms with Crippen LogP contribution in [-0.4, -0.2) is 25.0 Å². The van der Waals surface area contributed by atoms with E-state index in [9.17, 15) is 9.59 Å². The molecule has 0 N–H and O–H groups in total. The van der Waals surface area contributed by atoms with Crippen LogP contribution in [0.15, 0.2) is 34.9 Å². The van der Waals surface area contributed by atoms with Gasteiger partial charge in [0.25, 0.3) is 5.91 Å². The van der Waals surface area contributed by atoms with Gasteiger partial charge in [0.05, 0.1) is 18.8 Å². The Balaban J connectivity index is 2.10. The predicted molar refractivity (Wildman–Crippen MR) is 92.5 cm³/mol. The quantitative estimate of drug-likeness (QED) is 0.734. The minimum Gasteiger partial charge on any atom is -0.457 e. The van der Waals surface area contributed by atoms with Gasteiger partial charge in [-0.25, -0.2) is 4.79 Å². The molecule has 2 rings (SSSR count). The van der Waals surface area contributed by atoms with Gasteiger partial charge in [0, 0.05) is 22.8 Å². The highest BCUT2D eigenvalue weighted by molar-refractivity contribution is 6.31. The van der Waals surface area contributed by atoms with Crippen LogP contribution in [0.5, 0.6) is 0 Å². The number of amides is 1. The molecule has 1 heterocycles. The summed E-state index contributed by atoms with van der Waals surface area (Å²) in [5.41, 5.74) is 2.02. The van der Waals surface area contributed by atoms with Gasteiger partial charge in [-0.05, 0) is 43.7 Å². The first-order chi connectivity index (χ1) is 11.9. The van der Waals surface area contributed by atoms with E-state index < -0.39 is 18.5 Å². The van der Waals surface area contributed by atoms with Gasteiger partial charge in [-0.1, -0.05) is 11.6 Å². The van der Waals surface area contributed by atoms with Crippen molar-refractivity contribution >= 4 is 29.2 Å². The van der Waals surface area contributed by atoms with Crippen molar-refractivity contribution in [1.29, 1.82) is 5.26 Å².